The van der Waals surface area contributed by atoms with Gasteiger partial charge in [-0.15, -0.1) is 0 Å². The van der Waals surface area contributed by atoms with Crippen LogP contribution >= 0.6 is 15.9 Å². The van der Waals surface area contributed by atoms with E-state index in [-0.39, 0.29) is 11.3 Å². The molecule has 0 atom stereocenters. The van der Waals surface area contributed by atoms with Crippen molar-refractivity contribution in [2.45, 2.75) is 0 Å². The van der Waals surface area contributed by atoms with Crippen LogP contribution in [0, 0.1) is 11.6 Å². The Balaban J connectivity index is 2.17. The van der Waals surface area contributed by atoms with Crippen LogP contribution in [0.3, 0.4) is 0 Å². The van der Waals surface area contributed by atoms with E-state index in [1.165, 1.54) is 6.20 Å². The van der Waals surface area contributed by atoms with E-state index in [9.17, 15) is 13.6 Å². The highest BCUT2D eigenvalue weighted by atomic mass is 79.9. The van der Waals surface area contributed by atoms with Crippen LogP contribution < -0.4 is 5.73 Å². The van der Waals surface area contributed by atoms with Crippen LogP contribution in [-0.2, 0) is 0 Å². The Bertz CT molecular complexity index is 873. The molecule has 0 saturated carbocycles. The summed E-state index contributed by atoms with van der Waals surface area (Å²) in [6, 6.07) is 7.05. The SMILES string of the molecule is Nc1cc(F)c(F)cc1C(=O)c1c[nH]c2ccc(Br)cc12. The molecule has 1 aromatic heterocycles. The zero-order valence-corrected chi connectivity index (χ0v) is 12.2. The molecule has 3 aromatic rings. The molecular formula is C15H9BrF2N2O. The average Bonchev–Trinajstić information content (AvgIpc) is 2.85. The lowest BCUT2D eigenvalue weighted by Gasteiger charge is -2.05. The number of nitrogen functional groups attached to an aromatic ring is 1. The third-order valence-electron chi connectivity index (χ3n) is 3.23. The van der Waals surface area contributed by atoms with Crippen molar-refractivity contribution < 1.29 is 13.6 Å². The van der Waals surface area contributed by atoms with Gasteiger partial charge in [-0.2, -0.15) is 0 Å². The summed E-state index contributed by atoms with van der Waals surface area (Å²) in [5, 5.41) is 0.679. The predicted octanol–water partition coefficient (Wildman–Crippen LogP) is 4.02. The summed E-state index contributed by atoms with van der Waals surface area (Å²) in [5.41, 5.74) is 6.59. The number of nitrogens with two attached hydrogens (primary N) is 1. The van der Waals surface area contributed by atoms with E-state index >= 15 is 0 Å². The van der Waals surface area contributed by atoms with Gasteiger partial charge in [0.25, 0.3) is 0 Å². The van der Waals surface area contributed by atoms with Crippen LogP contribution in [0.1, 0.15) is 15.9 Å². The highest BCUT2D eigenvalue weighted by Gasteiger charge is 2.19. The summed E-state index contributed by atoms with van der Waals surface area (Å²) in [4.78, 5) is 15.5. The first kappa shape index (κ1) is 13.8. The van der Waals surface area contributed by atoms with Crippen LogP contribution in [0.5, 0.6) is 0 Å². The highest BCUT2D eigenvalue weighted by molar-refractivity contribution is 9.10. The van der Waals surface area contributed by atoms with Gasteiger partial charge >= 0.3 is 0 Å². The molecule has 0 radical (unpaired) electrons. The molecule has 3 N–H and O–H groups in total. The Morgan fingerprint density at radius 3 is 2.57 bits per heavy atom. The lowest BCUT2D eigenvalue weighted by atomic mass is 10.0. The molecule has 0 amide bonds. The van der Waals surface area contributed by atoms with E-state index in [0.717, 1.165) is 22.1 Å². The summed E-state index contributed by atoms with van der Waals surface area (Å²) in [7, 11) is 0. The minimum atomic E-state index is -1.10. The predicted molar refractivity (Wildman–Crippen MR) is 80.2 cm³/mol. The average molecular weight is 351 g/mol. The summed E-state index contributed by atoms with van der Waals surface area (Å²) in [5.74, 6) is -2.64. The molecule has 0 fully saturated rings. The van der Waals surface area contributed by atoms with Crippen molar-refractivity contribution in [1.29, 1.82) is 0 Å². The topological polar surface area (TPSA) is 58.9 Å². The number of nitrogens with one attached hydrogen (secondary N) is 1. The van der Waals surface area contributed by atoms with Crippen LogP contribution in [0.4, 0.5) is 14.5 Å². The van der Waals surface area contributed by atoms with Gasteiger partial charge in [-0.05, 0) is 24.3 Å². The number of anilines is 1. The van der Waals surface area contributed by atoms with Gasteiger partial charge in [-0.3, -0.25) is 4.79 Å². The minimum absolute atomic E-state index is 0.0604. The van der Waals surface area contributed by atoms with Crippen molar-refractivity contribution in [1.82, 2.24) is 4.98 Å². The van der Waals surface area contributed by atoms with Crippen LogP contribution in [0.2, 0.25) is 0 Å². The first-order valence-corrected chi connectivity index (χ1v) is 6.82. The first-order valence-electron chi connectivity index (χ1n) is 6.03. The quantitative estimate of drug-likeness (QED) is 0.541. The Labute approximate surface area is 126 Å². The van der Waals surface area contributed by atoms with E-state index in [2.05, 4.69) is 20.9 Å². The Morgan fingerprint density at radius 1 is 1.10 bits per heavy atom. The van der Waals surface area contributed by atoms with Gasteiger partial charge in [-0.25, -0.2) is 8.78 Å². The van der Waals surface area contributed by atoms with Crippen molar-refractivity contribution in [3.8, 4) is 0 Å². The molecule has 1 heterocycles. The van der Waals surface area contributed by atoms with Crippen molar-refractivity contribution in [2.75, 3.05) is 5.73 Å². The maximum Gasteiger partial charge on any atom is 0.197 e. The molecule has 0 spiro atoms. The second-order valence-corrected chi connectivity index (χ2v) is 5.49. The summed E-state index contributed by atoms with van der Waals surface area (Å²) in [6.45, 7) is 0. The van der Waals surface area contributed by atoms with Crippen molar-refractivity contribution in [2.24, 2.45) is 0 Å². The van der Waals surface area contributed by atoms with E-state index in [0.29, 0.717) is 10.9 Å². The fraction of sp³-hybridized carbons (Fsp3) is 0. The summed E-state index contributed by atoms with van der Waals surface area (Å²) >= 11 is 3.33. The van der Waals surface area contributed by atoms with Gasteiger partial charge in [0.1, 0.15) is 0 Å². The largest absolute Gasteiger partial charge is 0.398 e. The maximum absolute atomic E-state index is 13.3. The number of H-pyrrole nitrogens is 1. The Kier molecular flexibility index (Phi) is 3.25. The fourth-order valence-corrected chi connectivity index (χ4v) is 2.55. The lowest BCUT2D eigenvalue weighted by Crippen LogP contribution is -2.06. The number of ketones is 1. The smallest absolute Gasteiger partial charge is 0.197 e. The number of carbonyl (C=O) groups is 1. The molecule has 6 heteroatoms. The standard InChI is InChI=1S/C15H9BrF2N2O/c16-7-1-2-14-8(3-7)10(6-20-14)15(21)9-4-11(17)12(18)5-13(9)19/h1-6,20H,19H2. The zero-order chi connectivity index (χ0) is 15.1. The normalized spacial score (nSPS) is 11.0. The number of rotatable bonds is 2. The second-order valence-electron chi connectivity index (χ2n) is 4.57. The third-order valence-corrected chi connectivity index (χ3v) is 3.72. The van der Waals surface area contributed by atoms with Gasteiger partial charge in [0, 0.05) is 44.5 Å². The molecule has 2 aromatic carbocycles. The zero-order valence-electron chi connectivity index (χ0n) is 10.6. The van der Waals surface area contributed by atoms with Crippen molar-refractivity contribution in [3.05, 3.63) is 63.8 Å². The van der Waals surface area contributed by atoms with Crippen molar-refractivity contribution >= 4 is 38.3 Å². The highest BCUT2D eigenvalue weighted by Crippen LogP contribution is 2.27. The van der Waals surface area contributed by atoms with Crippen LogP contribution in [0.25, 0.3) is 10.9 Å². The number of aromatic nitrogens is 1. The minimum Gasteiger partial charge on any atom is -0.398 e. The number of aromatic amines is 1. The molecule has 106 valence electrons. The molecule has 0 unspecified atom stereocenters. The van der Waals surface area contributed by atoms with Gasteiger partial charge in [0.15, 0.2) is 17.4 Å². The monoisotopic (exact) mass is 350 g/mol. The Hall–Kier alpha value is -2.21. The van der Waals surface area contributed by atoms with Crippen molar-refractivity contribution in [3.63, 3.8) is 0 Å². The van der Waals surface area contributed by atoms with Gasteiger partial charge in [0.05, 0.1) is 0 Å². The number of halogens is 3. The number of benzene rings is 2. The lowest BCUT2D eigenvalue weighted by molar-refractivity contribution is 0.104. The number of carbonyl (C=O) groups excluding carboxylic acids is 1. The van der Waals surface area contributed by atoms with Crippen LogP contribution in [-0.4, -0.2) is 10.8 Å². The molecule has 0 bridgehead atoms. The summed E-state index contributed by atoms with van der Waals surface area (Å²) < 4.78 is 27.2. The molecule has 3 rings (SSSR count). The molecule has 0 aliphatic carbocycles. The van der Waals surface area contributed by atoms with Crippen LogP contribution in [0.15, 0.2) is 41.0 Å². The van der Waals surface area contributed by atoms with Gasteiger partial charge < -0.3 is 10.7 Å². The van der Waals surface area contributed by atoms with E-state index < -0.39 is 17.4 Å². The number of hydrogen-bond donors (Lipinski definition) is 2. The summed E-state index contributed by atoms with van der Waals surface area (Å²) in [6.07, 6.45) is 1.53. The molecule has 3 nitrogen and oxygen atoms in total. The second kappa shape index (κ2) is 4.96. The molecule has 0 aliphatic heterocycles. The van der Waals surface area contributed by atoms with E-state index in [4.69, 9.17) is 5.73 Å². The third kappa shape index (κ3) is 2.31. The molecule has 0 saturated heterocycles. The molecular weight excluding hydrogens is 342 g/mol. The first-order chi connectivity index (χ1) is 9.97. The van der Waals surface area contributed by atoms with Gasteiger partial charge in [-0.1, -0.05) is 15.9 Å². The molecule has 0 aliphatic rings. The Morgan fingerprint density at radius 2 is 1.81 bits per heavy atom. The number of fused-ring (bicyclic) bond motifs is 1. The fourth-order valence-electron chi connectivity index (χ4n) is 2.18. The molecule has 21 heavy (non-hydrogen) atoms. The van der Waals surface area contributed by atoms with E-state index in [1.54, 1.807) is 6.07 Å². The maximum atomic E-state index is 13.3. The van der Waals surface area contributed by atoms with Gasteiger partial charge in [0.2, 0.25) is 0 Å². The van der Waals surface area contributed by atoms with E-state index in [1.807, 2.05) is 12.1 Å². The number of hydrogen-bond acceptors (Lipinski definition) is 2.